The molecule has 0 saturated carbocycles. The quantitative estimate of drug-likeness (QED) is 0.852. The Hall–Kier alpha value is -2.34. The summed E-state index contributed by atoms with van der Waals surface area (Å²) < 4.78 is 10.1. The number of nitrogens with one attached hydrogen (secondary N) is 1. The summed E-state index contributed by atoms with van der Waals surface area (Å²) in [5.41, 5.74) is 6.43. The second-order valence-corrected chi connectivity index (χ2v) is 3.53. The fraction of sp³-hybridized carbons (Fsp3) is 0.167. The number of oxazole rings is 1. The van der Waals surface area contributed by atoms with Gasteiger partial charge in [0.15, 0.2) is 0 Å². The first kappa shape index (κ1) is 12.1. The Balaban J connectivity index is 2.11. The molecule has 2 rings (SSSR count). The van der Waals surface area contributed by atoms with Gasteiger partial charge in [-0.25, -0.2) is 0 Å². The number of carbonyl (C=O) groups excluding carboxylic acids is 1. The Morgan fingerprint density at radius 3 is 3.06 bits per heavy atom. The van der Waals surface area contributed by atoms with E-state index in [4.69, 9.17) is 14.9 Å². The minimum absolute atomic E-state index is 0.128. The summed E-state index contributed by atoms with van der Waals surface area (Å²) >= 11 is 0. The lowest BCUT2D eigenvalue weighted by Crippen LogP contribution is -2.12. The van der Waals surface area contributed by atoms with Gasteiger partial charge in [-0.15, -0.1) is 0 Å². The largest absolute Gasteiger partial charge is 0.497 e. The van der Waals surface area contributed by atoms with E-state index in [9.17, 15) is 4.79 Å². The average Bonchev–Trinajstić information content (AvgIpc) is 2.86. The van der Waals surface area contributed by atoms with Crippen LogP contribution in [0.1, 0.15) is 16.1 Å². The third-order valence-corrected chi connectivity index (χ3v) is 2.31. The van der Waals surface area contributed by atoms with E-state index in [2.05, 4.69) is 10.3 Å². The van der Waals surface area contributed by atoms with Gasteiger partial charge in [-0.05, 0) is 18.2 Å². The molecule has 0 fully saturated rings. The van der Waals surface area contributed by atoms with Crippen molar-refractivity contribution in [2.75, 3.05) is 12.4 Å². The van der Waals surface area contributed by atoms with Gasteiger partial charge in [0.25, 0.3) is 5.91 Å². The summed E-state index contributed by atoms with van der Waals surface area (Å²) in [5, 5.41) is 2.54. The van der Waals surface area contributed by atoms with Crippen LogP contribution >= 0.6 is 0 Å². The first-order chi connectivity index (χ1) is 8.72. The van der Waals surface area contributed by atoms with Gasteiger partial charge < -0.3 is 14.9 Å². The number of anilines is 1. The lowest BCUT2D eigenvalue weighted by molar-refractivity contribution is 0.102. The van der Waals surface area contributed by atoms with Crippen molar-refractivity contribution >= 4 is 11.9 Å². The maximum atomic E-state index is 11.9. The van der Waals surface area contributed by atoms with Gasteiger partial charge in [0.2, 0.25) is 0 Å². The monoisotopic (exact) mass is 247 g/mol. The average molecular weight is 247 g/mol. The first-order valence-corrected chi connectivity index (χ1v) is 5.33. The van der Waals surface area contributed by atoms with Crippen LogP contribution in [0, 0.1) is 0 Å². The zero-order chi connectivity index (χ0) is 13.0. The highest BCUT2D eigenvalue weighted by Crippen LogP contribution is 2.14. The van der Waals surface area contributed by atoms with Crippen LogP contribution in [0.15, 0.2) is 34.9 Å². The van der Waals surface area contributed by atoms with Crippen LogP contribution < -0.4 is 15.8 Å². The molecule has 0 bridgehead atoms. The van der Waals surface area contributed by atoms with Gasteiger partial charge in [0.05, 0.1) is 12.8 Å². The summed E-state index contributed by atoms with van der Waals surface area (Å²) in [6.07, 6.45) is 1.40. The van der Waals surface area contributed by atoms with Crippen molar-refractivity contribution in [3.05, 3.63) is 41.8 Å². The van der Waals surface area contributed by atoms with Crippen molar-refractivity contribution in [1.82, 2.24) is 4.98 Å². The van der Waals surface area contributed by atoms with Crippen LogP contribution in [0.4, 0.5) is 6.01 Å². The van der Waals surface area contributed by atoms with Crippen LogP contribution in [0.25, 0.3) is 0 Å². The number of nitrogens with zero attached hydrogens (tertiary/aromatic N) is 1. The molecule has 0 radical (unpaired) electrons. The van der Waals surface area contributed by atoms with Crippen LogP contribution in [-0.2, 0) is 6.54 Å². The fourth-order valence-electron chi connectivity index (χ4n) is 1.39. The highest BCUT2D eigenvalue weighted by atomic mass is 16.5. The molecule has 6 heteroatoms. The molecular formula is C12H13N3O3. The van der Waals surface area contributed by atoms with Crippen molar-refractivity contribution in [2.45, 2.75) is 6.54 Å². The number of methoxy groups -OCH3 is 1. The fourth-order valence-corrected chi connectivity index (χ4v) is 1.39. The Morgan fingerprint density at radius 2 is 2.39 bits per heavy atom. The molecular weight excluding hydrogens is 234 g/mol. The summed E-state index contributed by atoms with van der Waals surface area (Å²) in [6, 6.07) is 6.92. The topological polar surface area (TPSA) is 90.4 Å². The maximum Gasteiger partial charge on any atom is 0.301 e. The SMILES string of the molecule is COc1cccc(C(=O)Nc2nc(CN)co2)c1. The molecule has 1 aromatic heterocycles. The number of ether oxygens (including phenoxy) is 1. The van der Waals surface area contributed by atoms with Crippen molar-refractivity contribution in [2.24, 2.45) is 5.73 Å². The molecule has 0 aliphatic carbocycles. The molecule has 1 amide bonds. The molecule has 0 aliphatic rings. The molecule has 3 N–H and O–H groups in total. The van der Waals surface area contributed by atoms with Crippen LogP contribution in [-0.4, -0.2) is 18.0 Å². The van der Waals surface area contributed by atoms with Gasteiger partial charge in [0, 0.05) is 12.1 Å². The molecule has 0 aliphatic heterocycles. The number of aromatic nitrogens is 1. The first-order valence-electron chi connectivity index (χ1n) is 5.33. The van der Waals surface area contributed by atoms with Crippen molar-refractivity contribution < 1.29 is 13.9 Å². The van der Waals surface area contributed by atoms with Crippen molar-refractivity contribution in [3.63, 3.8) is 0 Å². The Bertz CT molecular complexity index is 551. The molecule has 18 heavy (non-hydrogen) atoms. The highest BCUT2D eigenvalue weighted by Gasteiger charge is 2.10. The molecule has 0 saturated heterocycles. The van der Waals surface area contributed by atoms with Gasteiger partial charge in [-0.3, -0.25) is 10.1 Å². The van der Waals surface area contributed by atoms with E-state index < -0.39 is 0 Å². The number of hydrogen-bond donors (Lipinski definition) is 2. The van der Waals surface area contributed by atoms with Gasteiger partial charge in [-0.1, -0.05) is 6.07 Å². The highest BCUT2D eigenvalue weighted by molar-refractivity contribution is 6.03. The van der Waals surface area contributed by atoms with Crippen LogP contribution in [0.3, 0.4) is 0 Å². The maximum absolute atomic E-state index is 11.9. The Labute approximate surface area is 104 Å². The molecule has 0 spiro atoms. The van der Waals surface area contributed by atoms with E-state index >= 15 is 0 Å². The summed E-state index contributed by atoms with van der Waals surface area (Å²) in [5.74, 6) is 0.289. The summed E-state index contributed by atoms with van der Waals surface area (Å²) in [4.78, 5) is 15.9. The van der Waals surface area contributed by atoms with Crippen LogP contribution in [0.2, 0.25) is 0 Å². The number of nitrogens with two attached hydrogens (primary N) is 1. The molecule has 2 aromatic rings. The van der Waals surface area contributed by atoms with E-state index in [0.29, 0.717) is 17.0 Å². The predicted octanol–water partition coefficient (Wildman–Crippen LogP) is 1.39. The van der Waals surface area contributed by atoms with E-state index in [1.54, 1.807) is 31.4 Å². The molecule has 94 valence electrons. The zero-order valence-corrected chi connectivity index (χ0v) is 9.84. The number of rotatable bonds is 4. The second-order valence-electron chi connectivity index (χ2n) is 3.53. The summed E-state index contributed by atoms with van der Waals surface area (Å²) in [6.45, 7) is 0.262. The minimum atomic E-state index is -0.320. The zero-order valence-electron chi connectivity index (χ0n) is 9.84. The van der Waals surface area contributed by atoms with Crippen molar-refractivity contribution in [3.8, 4) is 5.75 Å². The van der Waals surface area contributed by atoms with E-state index in [1.165, 1.54) is 6.26 Å². The smallest absolute Gasteiger partial charge is 0.301 e. The standard InChI is InChI=1S/C12H13N3O3/c1-17-10-4-2-3-8(5-10)11(16)15-12-14-9(6-13)7-18-12/h2-5,7H,6,13H2,1H3,(H,14,15,16). The van der Waals surface area contributed by atoms with E-state index in [0.717, 1.165) is 0 Å². The number of amides is 1. The predicted molar refractivity (Wildman–Crippen MR) is 65.3 cm³/mol. The van der Waals surface area contributed by atoms with Gasteiger partial charge >= 0.3 is 6.01 Å². The lowest BCUT2D eigenvalue weighted by Gasteiger charge is -2.03. The second kappa shape index (κ2) is 5.33. The third kappa shape index (κ3) is 2.67. The molecule has 6 nitrogen and oxygen atoms in total. The summed E-state index contributed by atoms with van der Waals surface area (Å²) in [7, 11) is 1.54. The van der Waals surface area contributed by atoms with E-state index in [1.807, 2.05) is 0 Å². The van der Waals surface area contributed by atoms with Gasteiger partial charge in [-0.2, -0.15) is 4.98 Å². The van der Waals surface area contributed by atoms with Crippen molar-refractivity contribution in [1.29, 1.82) is 0 Å². The number of hydrogen-bond acceptors (Lipinski definition) is 5. The lowest BCUT2D eigenvalue weighted by atomic mass is 10.2. The molecule has 1 heterocycles. The van der Waals surface area contributed by atoms with E-state index in [-0.39, 0.29) is 18.5 Å². The Kier molecular flexibility index (Phi) is 3.59. The van der Waals surface area contributed by atoms with Crippen LogP contribution in [0.5, 0.6) is 5.75 Å². The third-order valence-electron chi connectivity index (χ3n) is 2.31. The normalized spacial score (nSPS) is 10.1. The molecule has 0 unspecified atom stereocenters. The molecule has 1 aromatic carbocycles. The Morgan fingerprint density at radius 1 is 1.56 bits per heavy atom. The number of benzene rings is 1. The van der Waals surface area contributed by atoms with Gasteiger partial charge in [0.1, 0.15) is 12.0 Å². The minimum Gasteiger partial charge on any atom is -0.497 e. The molecule has 0 atom stereocenters. The number of carbonyl (C=O) groups is 1.